The number of rotatable bonds is 6. The summed E-state index contributed by atoms with van der Waals surface area (Å²) >= 11 is 0. The van der Waals surface area contributed by atoms with Crippen molar-refractivity contribution < 1.29 is 39.5 Å². The van der Waals surface area contributed by atoms with Crippen LogP contribution in [0.25, 0.3) is 0 Å². The predicted octanol–water partition coefficient (Wildman–Crippen LogP) is -1.78. The molecule has 6 N–H and O–H groups in total. The molecule has 0 aliphatic carbocycles. The summed E-state index contributed by atoms with van der Waals surface area (Å²) in [5.41, 5.74) is 0.780. The SMILES string of the molecule is CC(NC(=O)OCc1ccccc1)C(=O)NC1C(O)OC(CO)C(O)C1O. The standard InChI is InChI=1S/C17H24N2O8/c1-9(18-17(25)26-8-10-5-3-2-4-6-10)15(23)19-12-14(22)13(21)11(7-20)27-16(12)24/h2-6,9,11-14,16,20-22,24H,7-8H2,1H3,(H,18,25)(H,19,23). The Kier molecular flexibility index (Phi) is 7.51. The summed E-state index contributed by atoms with van der Waals surface area (Å²) < 4.78 is 9.95. The molecule has 1 saturated heterocycles. The third-order valence-corrected chi connectivity index (χ3v) is 4.15. The molecule has 6 unspecified atom stereocenters. The highest BCUT2D eigenvalue weighted by molar-refractivity contribution is 5.85. The van der Waals surface area contributed by atoms with E-state index in [-0.39, 0.29) is 6.61 Å². The first-order chi connectivity index (χ1) is 12.8. The summed E-state index contributed by atoms with van der Waals surface area (Å²) in [7, 11) is 0. The maximum absolute atomic E-state index is 12.2. The fourth-order valence-electron chi connectivity index (χ4n) is 2.55. The van der Waals surface area contributed by atoms with E-state index in [1.54, 1.807) is 24.3 Å². The molecule has 0 spiro atoms. The van der Waals surface area contributed by atoms with Crippen molar-refractivity contribution in [2.45, 2.75) is 50.2 Å². The zero-order chi connectivity index (χ0) is 20.0. The molecule has 150 valence electrons. The van der Waals surface area contributed by atoms with Gasteiger partial charge >= 0.3 is 6.09 Å². The fourth-order valence-corrected chi connectivity index (χ4v) is 2.55. The maximum atomic E-state index is 12.2. The van der Waals surface area contributed by atoms with Crippen LogP contribution in [0.1, 0.15) is 12.5 Å². The van der Waals surface area contributed by atoms with Gasteiger partial charge in [-0.15, -0.1) is 0 Å². The minimum absolute atomic E-state index is 0.0314. The second kappa shape index (κ2) is 9.62. The average molecular weight is 384 g/mol. The normalized spacial score (nSPS) is 28.9. The molecule has 0 saturated carbocycles. The summed E-state index contributed by atoms with van der Waals surface area (Å²) in [4.78, 5) is 24.0. The van der Waals surface area contributed by atoms with Gasteiger partial charge in [0.05, 0.1) is 6.61 Å². The van der Waals surface area contributed by atoms with Gasteiger partial charge in [-0.3, -0.25) is 4.79 Å². The molecule has 27 heavy (non-hydrogen) atoms. The molecular weight excluding hydrogens is 360 g/mol. The smallest absolute Gasteiger partial charge is 0.408 e. The third-order valence-electron chi connectivity index (χ3n) is 4.15. The van der Waals surface area contributed by atoms with E-state index in [4.69, 9.17) is 14.6 Å². The topological polar surface area (TPSA) is 158 Å². The van der Waals surface area contributed by atoms with Crippen LogP contribution in [0.3, 0.4) is 0 Å². The largest absolute Gasteiger partial charge is 0.445 e. The van der Waals surface area contributed by atoms with Crippen molar-refractivity contribution in [3.63, 3.8) is 0 Å². The lowest BCUT2D eigenvalue weighted by Gasteiger charge is -2.40. The predicted molar refractivity (Wildman–Crippen MR) is 91.1 cm³/mol. The molecule has 0 radical (unpaired) electrons. The summed E-state index contributed by atoms with van der Waals surface area (Å²) in [6.45, 7) is 0.805. The van der Waals surface area contributed by atoms with Crippen molar-refractivity contribution in [1.82, 2.24) is 10.6 Å². The van der Waals surface area contributed by atoms with Crippen molar-refractivity contribution in [2.24, 2.45) is 0 Å². The molecule has 0 aromatic heterocycles. The van der Waals surface area contributed by atoms with E-state index in [1.165, 1.54) is 6.92 Å². The number of hydrogen-bond donors (Lipinski definition) is 6. The van der Waals surface area contributed by atoms with Gasteiger partial charge in [-0.25, -0.2) is 4.79 Å². The minimum Gasteiger partial charge on any atom is -0.445 e. The molecule has 2 amide bonds. The monoisotopic (exact) mass is 384 g/mol. The van der Waals surface area contributed by atoms with Crippen molar-refractivity contribution >= 4 is 12.0 Å². The lowest BCUT2D eigenvalue weighted by atomic mass is 9.97. The fraction of sp³-hybridized carbons (Fsp3) is 0.529. The van der Waals surface area contributed by atoms with Crippen LogP contribution in [0.15, 0.2) is 30.3 Å². The van der Waals surface area contributed by atoms with Gasteiger partial charge in [0.1, 0.15) is 37.0 Å². The number of amides is 2. The second-order valence-electron chi connectivity index (χ2n) is 6.19. The Morgan fingerprint density at radius 1 is 1.19 bits per heavy atom. The molecule has 1 aliphatic heterocycles. The number of benzene rings is 1. The molecule has 10 nitrogen and oxygen atoms in total. The van der Waals surface area contributed by atoms with Gasteiger partial charge in [0, 0.05) is 0 Å². The number of nitrogens with one attached hydrogen (secondary N) is 2. The van der Waals surface area contributed by atoms with Gasteiger partial charge in [0.2, 0.25) is 5.91 Å². The Morgan fingerprint density at radius 2 is 1.85 bits per heavy atom. The Bertz CT molecular complexity index is 629. The molecule has 6 atom stereocenters. The van der Waals surface area contributed by atoms with Gasteiger partial charge in [-0.1, -0.05) is 30.3 Å². The third kappa shape index (κ3) is 5.62. The number of carbonyl (C=O) groups excluding carboxylic acids is 2. The first-order valence-corrected chi connectivity index (χ1v) is 8.41. The summed E-state index contributed by atoms with van der Waals surface area (Å²) in [5, 5.41) is 43.3. The van der Waals surface area contributed by atoms with Gasteiger partial charge in [-0.2, -0.15) is 0 Å². The number of alkyl carbamates (subject to hydrolysis) is 1. The van der Waals surface area contributed by atoms with Crippen LogP contribution in [-0.2, 0) is 20.9 Å². The van der Waals surface area contributed by atoms with Crippen molar-refractivity contribution in [1.29, 1.82) is 0 Å². The van der Waals surface area contributed by atoms with E-state index in [2.05, 4.69) is 10.6 Å². The van der Waals surface area contributed by atoms with Crippen LogP contribution >= 0.6 is 0 Å². The van der Waals surface area contributed by atoms with Crippen molar-refractivity contribution in [3.8, 4) is 0 Å². The number of hydrogen-bond acceptors (Lipinski definition) is 8. The van der Waals surface area contributed by atoms with E-state index < -0.39 is 55.3 Å². The molecule has 1 aromatic rings. The van der Waals surface area contributed by atoms with Gasteiger partial charge in [0.15, 0.2) is 6.29 Å². The summed E-state index contributed by atoms with van der Waals surface area (Å²) in [5.74, 6) is -0.729. The van der Waals surface area contributed by atoms with Crippen LogP contribution in [0.2, 0.25) is 0 Å². The lowest BCUT2D eigenvalue weighted by molar-refractivity contribution is -0.253. The Morgan fingerprint density at radius 3 is 2.48 bits per heavy atom. The first-order valence-electron chi connectivity index (χ1n) is 8.41. The lowest BCUT2D eigenvalue weighted by Crippen LogP contribution is -2.65. The number of carbonyl (C=O) groups is 2. The molecule has 1 fully saturated rings. The molecule has 1 aliphatic rings. The molecule has 0 bridgehead atoms. The van der Waals surface area contributed by atoms with E-state index in [1.807, 2.05) is 6.07 Å². The zero-order valence-electron chi connectivity index (χ0n) is 14.7. The van der Waals surface area contributed by atoms with Gasteiger partial charge in [0.25, 0.3) is 0 Å². The second-order valence-corrected chi connectivity index (χ2v) is 6.19. The van der Waals surface area contributed by atoms with Crippen molar-refractivity contribution in [3.05, 3.63) is 35.9 Å². The Hall–Kier alpha value is -2.24. The van der Waals surface area contributed by atoms with E-state index in [0.29, 0.717) is 0 Å². The quantitative estimate of drug-likeness (QED) is 0.336. The zero-order valence-corrected chi connectivity index (χ0v) is 14.7. The molecule has 1 heterocycles. The van der Waals surface area contributed by atoms with Crippen LogP contribution in [0.4, 0.5) is 4.79 Å². The van der Waals surface area contributed by atoms with Crippen LogP contribution in [0, 0.1) is 0 Å². The highest BCUT2D eigenvalue weighted by Crippen LogP contribution is 2.19. The van der Waals surface area contributed by atoms with E-state index in [0.717, 1.165) is 5.56 Å². The van der Waals surface area contributed by atoms with Gasteiger partial charge in [-0.05, 0) is 12.5 Å². The average Bonchev–Trinajstić information content (AvgIpc) is 2.66. The van der Waals surface area contributed by atoms with E-state index in [9.17, 15) is 24.9 Å². The molecule has 10 heteroatoms. The highest BCUT2D eigenvalue weighted by atomic mass is 16.6. The minimum atomic E-state index is -1.64. The maximum Gasteiger partial charge on any atom is 0.408 e. The number of aliphatic hydroxyl groups excluding tert-OH is 4. The van der Waals surface area contributed by atoms with E-state index >= 15 is 0 Å². The molecule has 1 aromatic carbocycles. The van der Waals surface area contributed by atoms with Crippen LogP contribution < -0.4 is 10.6 Å². The highest BCUT2D eigenvalue weighted by Gasteiger charge is 2.44. The molecular formula is C17H24N2O8. The first kappa shape index (κ1) is 21.1. The Labute approximate surface area is 155 Å². The van der Waals surface area contributed by atoms with Gasteiger partial charge < -0.3 is 40.5 Å². The summed E-state index contributed by atoms with van der Waals surface area (Å²) in [6, 6.07) is 6.60. The molecule has 2 rings (SSSR count). The van der Waals surface area contributed by atoms with Crippen LogP contribution in [0.5, 0.6) is 0 Å². The summed E-state index contributed by atoms with van der Waals surface area (Å²) in [6.07, 6.45) is -6.69. The van der Waals surface area contributed by atoms with Crippen LogP contribution in [-0.4, -0.2) is 75.7 Å². The Balaban J connectivity index is 1.83. The number of ether oxygens (including phenoxy) is 2. The van der Waals surface area contributed by atoms with Crippen molar-refractivity contribution in [2.75, 3.05) is 6.61 Å². The number of aliphatic hydroxyl groups is 4.